The third-order valence-corrected chi connectivity index (χ3v) is 8.45. The van der Waals surface area contributed by atoms with Crippen LogP contribution in [0.1, 0.15) is 71.3 Å². The molecule has 10 heteroatoms. The first-order valence-corrected chi connectivity index (χ1v) is 13.6. The fraction of sp³-hybridized carbons (Fsp3) is 0.714. The molecule has 0 aliphatic carbocycles. The van der Waals surface area contributed by atoms with Gasteiger partial charge in [-0.25, -0.2) is 0 Å². The Hall–Kier alpha value is -1.68. The Morgan fingerprint density at radius 1 is 0.710 bits per heavy atom. The first-order chi connectivity index (χ1) is 14.5. The average molecular weight is 475 g/mol. The molecule has 0 aliphatic rings. The zero-order valence-corrected chi connectivity index (χ0v) is 20.4. The van der Waals surface area contributed by atoms with Gasteiger partial charge in [0.2, 0.25) is 0 Å². The van der Waals surface area contributed by atoms with Crippen LogP contribution in [-0.2, 0) is 32.4 Å². The van der Waals surface area contributed by atoms with Gasteiger partial charge in [-0.15, -0.1) is 0 Å². The second-order valence-electron chi connectivity index (χ2n) is 9.18. The Labute approximate surface area is 187 Å². The molecule has 2 unspecified atom stereocenters. The van der Waals surface area contributed by atoms with Crippen LogP contribution in [0.25, 0.3) is 0 Å². The zero-order chi connectivity index (χ0) is 23.1. The van der Waals surface area contributed by atoms with Crippen LogP contribution in [0.3, 0.4) is 0 Å². The predicted octanol–water partition coefficient (Wildman–Crippen LogP) is 2.95. The van der Waals surface area contributed by atoms with Crippen molar-refractivity contribution in [3.8, 4) is 0 Å². The summed E-state index contributed by atoms with van der Waals surface area (Å²) in [4.78, 5) is 22.5. The summed E-state index contributed by atoms with van der Waals surface area (Å²) < 4.78 is 34.9. The molecule has 0 spiro atoms. The minimum absolute atomic E-state index is 0.251. The van der Waals surface area contributed by atoms with Gasteiger partial charge in [0.05, 0.1) is 0 Å². The highest BCUT2D eigenvalue weighted by molar-refractivity contribution is 7.85. The lowest BCUT2D eigenvalue weighted by molar-refractivity contribution is 0.301. The van der Waals surface area contributed by atoms with Crippen LogP contribution >= 0.6 is 0 Å². The van der Waals surface area contributed by atoms with Gasteiger partial charge in [-0.1, -0.05) is 27.7 Å². The molecule has 2 N–H and O–H groups in total. The van der Waals surface area contributed by atoms with Gasteiger partial charge < -0.3 is 9.05 Å². The van der Waals surface area contributed by atoms with Crippen LogP contribution in [0, 0.1) is 0 Å². The number of hydrogen-bond donors (Lipinski definition) is 2. The van der Waals surface area contributed by atoms with Gasteiger partial charge in [-0.3, -0.25) is 18.0 Å². The lowest BCUT2D eigenvalue weighted by atomic mass is 9.85. The van der Waals surface area contributed by atoms with Crippen molar-refractivity contribution in [3.05, 3.63) is 44.4 Å². The fourth-order valence-corrected chi connectivity index (χ4v) is 5.87. The molecule has 0 saturated heterocycles. The van der Waals surface area contributed by atoms with Crippen molar-refractivity contribution in [1.29, 1.82) is 0 Å². The molecule has 176 valence electrons. The van der Waals surface area contributed by atoms with E-state index < -0.39 is 21.6 Å². The first kappa shape index (κ1) is 25.6. The molecule has 0 amide bonds. The van der Waals surface area contributed by atoms with Crippen LogP contribution in [-0.4, -0.2) is 41.7 Å². The monoisotopic (exact) mass is 474 g/mol. The Balaban J connectivity index is 1.59. The van der Waals surface area contributed by atoms with E-state index in [1.807, 2.05) is 27.7 Å². The van der Waals surface area contributed by atoms with E-state index in [0.29, 0.717) is 41.0 Å². The van der Waals surface area contributed by atoms with Crippen molar-refractivity contribution in [1.82, 2.24) is 10.3 Å². The van der Waals surface area contributed by atoms with Crippen molar-refractivity contribution in [2.24, 2.45) is 0 Å². The molecule has 2 heterocycles. The van der Waals surface area contributed by atoms with E-state index in [9.17, 15) is 18.0 Å². The minimum atomic E-state index is -0.945. The van der Waals surface area contributed by atoms with E-state index in [-0.39, 0.29) is 21.9 Å². The number of hydrogen-bond acceptors (Lipinski definition) is 6. The maximum Gasteiger partial charge on any atom is 0.280 e. The molecule has 2 aromatic rings. The van der Waals surface area contributed by atoms with E-state index in [2.05, 4.69) is 10.3 Å². The van der Waals surface area contributed by atoms with Crippen molar-refractivity contribution in [2.45, 2.75) is 70.6 Å². The highest BCUT2D eigenvalue weighted by Crippen LogP contribution is 2.28. The number of H-pyrrole nitrogens is 2. The molecule has 0 fully saturated rings. The molecule has 0 aromatic carbocycles. The summed E-state index contributed by atoms with van der Waals surface area (Å²) in [6.45, 7) is 7.98. The van der Waals surface area contributed by atoms with Gasteiger partial charge in [-0.2, -0.15) is 10.3 Å². The molecule has 2 rings (SSSR count). The smallest absolute Gasteiger partial charge is 0.280 e. The molecule has 2 aromatic heterocycles. The number of nitrogens with one attached hydrogen (secondary N) is 2. The second kappa shape index (κ2) is 11.3. The van der Waals surface area contributed by atoms with Crippen molar-refractivity contribution >= 4 is 21.6 Å². The second-order valence-corrected chi connectivity index (χ2v) is 12.6. The third-order valence-electron chi connectivity index (χ3n) is 5.47. The van der Waals surface area contributed by atoms with E-state index in [1.165, 1.54) is 12.1 Å². The number of aromatic amines is 2. The Bertz CT molecular complexity index is 904. The van der Waals surface area contributed by atoms with E-state index in [1.54, 1.807) is 0 Å². The van der Waals surface area contributed by atoms with E-state index in [4.69, 9.17) is 9.05 Å². The third kappa shape index (κ3) is 8.40. The van der Waals surface area contributed by atoms with Crippen molar-refractivity contribution < 1.29 is 17.5 Å². The topological polar surface area (TPSA) is 126 Å². The molecule has 2 atom stereocenters. The lowest BCUT2D eigenvalue weighted by Crippen LogP contribution is -2.19. The summed E-state index contributed by atoms with van der Waals surface area (Å²) in [5.41, 5.74) is -1.08. The molecule has 0 radical (unpaired) electrons. The Kier molecular flexibility index (Phi) is 9.29. The summed E-state index contributed by atoms with van der Waals surface area (Å²) >= 11 is 0. The highest BCUT2D eigenvalue weighted by atomic mass is 32.2. The molecule has 31 heavy (non-hydrogen) atoms. The summed E-state index contributed by atoms with van der Waals surface area (Å²) in [5.74, 6) is 3.49. The van der Waals surface area contributed by atoms with Gasteiger partial charge in [0.1, 0.15) is 11.5 Å². The SMILES string of the molecule is CC(C)(CCCS(=O)CCCS(=O)CCCC(C)(C)c1cc(=O)[nH]o1)c1cc(=O)[nH]o1. The van der Waals surface area contributed by atoms with Crippen LogP contribution in [0.5, 0.6) is 0 Å². The van der Waals surface area contributed by atoms with Gasteiger partial charge in [0, 0.05) is 67.6 Å². The summed E-state index contributed by atoms with van der Waals surface area (Å²) in [6.07, 6.45) is 3.74. The van der Waals surface area contributed by atoms with E-state index >= 15 is 0 Å². The summed E-state index contributed by atoms with van der Waals surface area (Å²) in [6, 6.07) is 2.92. The van der Waals surface area contributed by atoms with Crippen LogP contribution in [0.4, 0.5) is 0 Å². The maximum atomic E-state index is 12.2. The number of rotatable bonds is 14. The maximum absolute atomic E-state index is 12.2. The summed E-state index contributed by atoms with van der Waals surface area (Å²) in [7, 11) is -1.89. The fourth-order valence-electron chi connectivity index (χ4n) is 3.42. The van der Waals surface area contributed by atoms with Gasteiger partial charge in [0.15, 0.2) is 0 Å². The quantitative estimate of drug-likeness (QED) is 0.433. The van der Waals surface area contributed by atoms with Gasteiger partial charge in [0.25, 0.3) is 11.1 Å². The molecule has 8 nitrogen and oxygen atoms in total. The standard InChI is InChI=1S/C21H34N2O6S2/c1-20(2,16-14-18(24)22-28-16)8-5-10-30(26)12-7-13-31(27)11-6-9-21(3,4)17-15-19(25)23-29-17/h14-15H,5-13H2,1-4H3,(H,22,24)(H,23,25). The number of aromatic nitrogens is 2. The first-order valence-electron chi connectivity index (χ1n) is 10.6. The molecular formula is C21H34N2O6S2. The Morgan fingerprint density at radius 2 is 1.06 bits per heavy atom. The minimum Gasteiger partial charge on any atom is -0.383 e. The molecule has 0 bridgehead atoms. The molecular weight excluding hydrogens is 440 g/mol. The Morgan fingerprint density at radius 3 is 1.39 bits per heavy atom. The van der Waals surface area contributed by atoms with E-state index in [0.717, 1.165) is 25.7 Å². The zero-order valence-electron chi connectivity index (χ0n) is 18.8. The average Bonchev–Trinajstić information content (AvgIpc) is 3.30. The van der Waals surface area contributed by atoms with Crippen LogP contribution in [0.15, 0.2) is 30.8 Å². The van der Waals surface area contributed by atoms with Crippen molar-refractivity contribution in [3.63, 3.8) is 0 Å². The van der Waals surface area contributed by atoms with Gasteiger partial charge in [-0.05, 0) is 32.1 Å². The lowest BCUT2D eigenvalue weighted by Gasteiger charge is -2.20. The molecule has 0 saturated carbocycles. The predicted molar refractivity (Wildman–Crippen MR) is 124 cm³/mol. The van der Waals surface area contributed by atoms with Crippen molar-refractivity contribution in [2.75, 3.05) is 23.0 Å². The van der Waals surface area contributed by atoms with Crippen LogP contribution < -0.4 is 11.1 Å². The molecule has 0 aliphatic heterocycles. The van der Waals surface area contributed by atoms with Gasteiger partial charge >= 0.3 is 0 Å². The largest absolute Gasteiger partial charge is 0.383 e. The summed E-state index contributed by atoms with van der Waals surface area (Å²) in [5, 5.41) is 4.61. The van der Waals surface area contributed by atoms with Crippen LogP contribution in [0.2, 0.25) is 0 Å². The normalized spacial score (nSPS) is 14.6. The highest BCUT2D eigenvalue weighted by Gasteiger charge is 2.26.